The standard InChI is InChI=1S/C25H43NO19/c1-3-40-22-17(36)16(35)19(12(7-29)42-22)43-23-18(37)21(15(34)11(6-28)41-23)45-25(24(38)39)4-9(31)13(26-8(2)30)20(44-25)14(33)10(32)5-27/h9-23,27-29,31-37H,3-7H2,1-2H3,(H,26,30)(H,38,39)/t9-,10+,11+,12+,13+,14-,15-,16+,17+,18+,19+,20+,21-,22+,23-,25-/m0/s1. The monoisotopic (exact) mass is 661 g/mol. The van der Waals surface area contributed by atoms with E-state index in [2.05, 4.69) is 5.32 Å². The van der Waals surface area contributed by atoms with Crippen LogP contribution in [0, 0.1) is 0 Å². The van der Waals surface area contributed by atoms with Crippen molar-refractivity contribution in [2.45, 2.75) is 118 Å². The normalized spacial score (nSPS) is 43.8. The van der Waals surface area contributed by atoms with Gasteiger partial charge in [0.2, 0.25) is 5.91 Å². The van der Waals surface area contributed by atoms with E-state index in [1.54, 1.807) is 6.92 Å². The number of hydrogen-bond donors (Lipinski definition) is 12. The van der Waals surface area contributed by atoms with E-state index in [0.717, 1.165) is 6.92 Å². The lowest BCUT2D eigenvalue weighted by Gasteiger charge is -2.50. The number of ether oxygens (including phenoxy) is 6. The predicted octanol–water partition coefficient (Wildman–Crippen LogP) is -7.18. The van der Waals surface area contributed by atoms with Gasteiger partial charge in [-0.1, -0.05) is 0 Å². The molecule has 0 radical (unpaired) electrons. The Kier molecular flexibility index (Phi) is 13.4. The second-order valence-corrected chi connectivity index (χ2v) is 10.9. The van der Waals surface area contributed by atoms with Gasteiger partial charge < -0.3 is 89.9 Å². The summed E-state index contributed by atoms with van der Waals surface area (Å²) in [7, 11) is 0. The summed E-state index contributed by atoms with van der Waals surface area (Å²) in [6, 6.07) is -1.53. The molecule has 3 aliphatic rings. The molecule has 0 unspecified atom stereocenters. The third-order valence-corrected chi connectivity index (χ3v) is 7.78. The maximum absolute atomic E-state index is 12.6. The lowest BCUT2D eigenvalue weighted by molar-refractivity contribution is -0.386. The van der Waals surface area contributed by atoms with E-state index in [1.165, 1.54) is 0 Å². The Morgan fingerprint density at radius 3 is 2.07 bits per heavy atom. The number of nitrogens with one attached hydrogen (secondary N) is 1. The highest BCUT2D eigenvalue weighted by Crippen LogP contribution is 2.38. The van der Waals surface area contributed by atoms with Crippen LogP contribution in [0.4, 0.5) is 0 Å². The molecule has 0 aromatic rings. The second-order valence-electron chi connectivity index (χ2n) is 10.9. The smallest absolute Gasteiger partial charge is 0.364 e. The lowest BCUT2D eigenvalue weighted by atomic mass is 9.88. The maximum atomic E-state index is 12.6. The molecule has 3 fully saturated rings. The molecule has 3 saturated heterocycles. The molecule has 0 aromatic carbocycles. The Balaban J connectivity index is 1.93. The minimum Gasteiger partial charge on any atom is -0.477 e. The van der Waals surface area contributed by atoms with Gasteiger partial charge in [0.15, 0.2) is 12.6 Å². The van der Waals surface area contributed by atoms with Crippen LogP contribution in [-0.2, 0) is 38.0 Å². The van der Waals surface area contributed by atoms with E-state index in [9.17, 15) is 65.8 Å². The Bertz CT molecular complexity index is 975. The number of amides is 1. The Labute approximate surface area is 256 Å². The fourth-order valence-corrected chi connectivity index (χ4v) is 5.45. The summed E-state index contributed by atoms with van der Waals surface area (Å²) >= 11 is 0. The minimum absolute atomic E-state index is 0.0716. The molecule has 16 atom stereocenters. The number of aliphatic carboxylic acids is 1. The van der Waals surface area contributed by atoms with E-state index in [-0.39, 0.29) is 6.61 Å². The zero-order valence-corrected chi connectivity index (χ0v) is 24.4. The molecule has 0 saturated carbocycles. The number of carbonyl (C=O) groups is 2. The number of carboxylic acid groups (broad SMARTS) is 1. The number of carbonyl (C=O) groups excluding carboxylic acids is 1. The number of carboxylic acids is 1. The number of rotatable bonds is 13. The van der Waals surface area contributed by atoms with Crippen molar-refractivity contribution in [1.29, 1.82) is 0 Å². The zero-order valence-electron chi connectivity index (χ0n) is 24.4. The third kappa shape index (κ3) is 8.06. The SMILES string of the molecule is CCO[C@@H]1O[C@H](CO)[C@@H](O[C@@H]2O[C@H](CO)[C@H](O)[C@H](O[C@]3(C(=O)O)C[C@H](O)[C@@H](NC(C)=O)[C@H]([C@@H](O)[C@H](O)CO)O3)[C@H]2O)[C@H](O)[C@H]1O. The highest BCUT2D eigenvalue weighted by molar-refractivity contribution is 5.76. The average Bonchev–Trinajstić information content (AvgIpc) is 3.00. The van der Waals surface area contributed by atoms with E-state index < -0.39 is 136 Å². The fraction of sp³-hybridized carbons (Fsp3) is 0.920. The van der Waals surface area contributed by atoms with Crippen molar-refractivity contribution in [3.63, 3.8) is 0 Å². The molecule has 3 aliphatic heterocycles. The van der Waals surface area contributed by atoms with E-state index >= 15 is 0 Å². The number of aliphatic hydroxyl groups is 10. The van der Waals surface area contributed by atoms with Gasteiger partial charge in [-0.25, -0.2) is 4.79 Å². The molecule has 12 N–H and O–H groups in total. The van der Waals surface area contributed by atoms with Gasteiger partial charge in [-0.15, -0.1) is 0 Å². The average molecular weight is 662 g/mol. The van der Waals surface area contributed by atoms with Crippen molar-refractivity contribution in [3.8, 4) is 0 Å². The molecular formula is C25H43NO19. The molecule has 3 heterocycles. The first-order valence-electron chi connectivity index (χ1n) is 14.2. The summed E-state index contributed by atoms with van der Waals surface area (Å²) in [6.07, 6.45) is -26.5. The van der Waals surface area contributed by atoms with Crippen LogP contribution in [0.1, 0.15) is 20.3 Å². The van der Waals surface area contributed by atoms with Crippen LogP contribution in [0.2, 0.25) is 0 Å². The highest BCUT2D eigenvalue weighted by Gasteiger charge is 2.60. The molecule has 0 aromatic heterocycles. The Hall–Kier alpha value is -1.70. The lowest BCUT2D eigenvalue weighted by Crippen LogP contribution is -2.70. The summed E-state index contributed by atoms with van der Waals surface area (Å²) in [5, 5.41) is 116. The molecule has 45 heavy (non-hydrogen) atoms. The molecular weight excluding hydrogens is 618 g/mol. The van der Waals surface area contributed by atoms with E-state index in [4.69, 9.17) is 28.4 Å². The van der Waals surface area contributed by atoms with Crippen LogP contribution in [0.5, 0.6) is 0 Å². The van der Waals surface area contributed by atoms with Crippen LogP contribution in [0.3, 0.4) is 0 Å². The zero-order chi connectivity index (χ0) is 33.8. The van der Waals surface area contributed by atoms with Crippen LogP contribution < -0.4 is 5.32 Å². The quantitative estimate of drug-likeness (QED) is 0.0872. The van der Waals surface area contributed by atoms with Crippen molar-refractivity contribution in [2.24, 2.45) is 0 Å². The number of hydrogen-bond acceptors (Lipinski definition) is 18. The van der Waals surface area contributed by atoms with Crippen molar-refractivity contribution in [2.75, 3.05) is 26.4 Å². The van der Waals surface area contributed by atoms with E-state index in [0.29, 0.717) is 0 Å². The summed E-state index contributed by atoms with van der Waals surface area (Å²) in [5.41, 5.74) is 0. The van der Waals surface area contributed by atoms with Gasteiger partial charge in [-0.2, -0.15) is 0 Å². The molecule has 0 aliphatic carbocycles. The van der Waals surface area contributed by atoms with Crippen LogP contribution >= 0.6 is 0 Å². The van der Waals surface area contributed by atoms with Gasteiger partial charge in [0.1, 0.15) is 67.1 Å². The van der Waals surface area contributed by atoms with Crippen molar-refractivity contribution in [3.05, 3.63) is 0 Å². The van der Waals surface area contributed by atoms with Crippen LogP contribution in [0.15, 0.2) is 0 Å². The van der Waals surface area contributed by atoms with Crippen LogP contribution in [0.25, 0.3) is 0 Å². The summed E-state index contributed by atoms with van der Waals surface area (Å²) in [6.45, 7) is -0.0628. The van der Waals surface area contributed by atoms with Gasteiger partial charge in [0.25, 0.3) is 5.79 Å². The molecule has 20 nitrogen and oxygen atoms in total. The van der Waals surface area contributed by atoms with Crippen molar-refractivity contribution in [1.82, 2.24) is 5.32 Å². The van der Waals surface area contributed by atoms with E-state index in [1.807, 2.05) is 0 Å². The first-order chi connectivity index (χ1) is 21.2. The van der Waals surface area contributed by atoms with Gasteiger partial charge in [-0.05, 0) is 6.92 Å². The third-order valence-electron chi connectivity index (χ3n) is 7.78. The summed E-state index contributed by atoms with van der Waals surface area (Å²) < 4.78 is 32.8. The summed E-state index contributed by atoms with van der Waals surface area (Å²) in [4.78, 5) is 24.4. The maximum Gasteiger partial charge on any atom is 0.364 e. The van der Waals surface area contributed by atoms with Crippen molar-refractivity contribution >= 4 is 11.9 Å². The molecule has 1 amide bonds. The topological polar surface area (TPSA) is 324 Å². The fourth-order valence-electron chi connectivity index (χ4n) is 5.45. The van der Waals surface area contributed by atoms with Gasteiger partial charge >= 0.3 is 5.97 Å². The Morgan fingerprint density at radius 2 is 1.53 bits per heavy atom. The Morgan fingerprint density at radius 1 is 0.911 bits per heavy atom. The molecule has 0 bridgehead atoms. The molecule has 262 valence electrons. The van der Waals surface area contributed by atoms with Crippen LogP contribution in [-0.4, -0.2) is 192 Å². The minimum atomic E-state index is -3.01. The first kappa shape index (κ1) is 37.8. The highest BCUT2D eigenvalue weighted by atomic mass is 16.8. The van der Waals surface area contributed by atoms with Gasteiger partial charge in [0, 0.05) is 20.0 Å². The molecule has 0 spiro atoms. The number of aliphatic hydroxyl groups excluding tert-OH is 10. The van der Waals surface area contributed by atoms with Gasteiger partial charge in [0.05, 0.1) is 32.0 Å². The largest absolute Gasteiger partial charge is 0.477 e. The molecule has 3 rings (SSSR count). The van der Waals surface area contributed by atoms with Gasteiger partial charge in [-0.3, -0.25) is 4.79 Å². The predicted molar refractivity (Wildman–Crippen MR) is 139 cm³/mol. The second kappa shape index (κ2) is 15.9. The summed E-state index contributed by atoms with van der Waals surface area (Å²) in [5.74, 6) is -5.70. The van der Waals surface area contributed by atoms with Crippen molar-refractivity contribution < 1.29 is 94.2 Å². The first-order valence-corrected chi connectivity index (χ1v) is 14.2. The molecule has 20 heteroatoms.